The maximum atomic E-state index is 10.9. The van der Waals surface area contributed by atoms with Crippen molar-refractivity contribution in [2.75, 3.05) is 14.2 Å². The van der Waals surface area contributed by atoms with E-state index in [0.717, 1.165) is 27.0 Å². The molecule has 31 heavy (non-hydrogen) atoms. The Bertz CT molecular complexity index is 1190. The van der Waals surface area contributed by atoms with Gasteiger partial charge in [0.05, 0.1) is 14.2 Å². The third-order valence-electron chi connectivity index (χ3n) is 4.14. The molecular formula is C24H23BrN2O4. The van der Waals surface area contributed by atoms with Crippen molar-refractivity contribution in [3.8, 4) is 0 Å². The zero-order valence-electron chi connectivity index (χ0n) is 17.2. The zero-order valence-corrected chi connectivity index (χ0v) is 18.8. The molecule has 0 spiro atoms. The van der Waals surface area contributed by atoms with Crippen molar-refractivity contribution >= 4 is 55.8 Å². The van der Waals surface area contributed by atoms with Crippen LogP contribution in [0.2, 0.25) is 0 Å². The molecule has 0 fully saturated rings. The quantitative estimate of drug-likeness (QED) is 0.292. The molecule has 7 heteroatoms. The lowest BCUT2D eigenvalue weighted by molar-refractivity contribution is -0.135. The van der Waals surface area contributed by atoms with Gasteiger partial charge in [0, 0.05) is 50.8 Å². The van der Waals surface area contributed by atoms with Gasteiger partial charge in [-0.1, -0.05) is 40.7 Å². The molecule has 0 aliphatic carbocycles. The number of aromatic nitrogens is 2. The summed E-state index contributed by atoms with van der Waals surface area (Å²) in [6.45, 7) is 3.16. The third kappa shape index (κ3) is 7.01. The van der Waals surface area contributed by atoms with Crippen LogP contribution in [0.3, 0.4) is 0 Å². The van der Waals surface area contributed by atoms with Gasteiger partial charge in [-0.15, -0.1) is 0 Å². The number of halogens is 1. The van der Waals surface area contributed by atoms with Crippen LogP contribution in [-0.2, 0) is 19.1 Å². The van der Waals surface area contributed by atoms with Crippen LogP contribution in [0.5, 0.6) is 0 Å². The Balaban J connectivity index is 0.000000184. The van der Waals surface area contributed by atoms with Gasteiger partial charge in [0.1, 0.15) is 0 Å². The number of nitrogens with one attached hydrogen (secondary N) is 2. The van der Waals surface area contributed by atoms with Gasteiger partial charge in [-0.2, -0.15) is 0 Å². The number of carbonyl (C=O) groups is 2. The van der Waals surface area contributed by atoms with Gasteiger partial charge >= 0.3 is 11.9 Å². The molecule has 2 aromatic heterocycles. The van der Waals surface area contributed by atoms with Gasteiger partial charge < -0.3 is 19.4 Å². The monoisotopic (exact) mass is 482 g/mol. The average Bonchev–Trinajstić information content (AvgIpc) is 3.48. The molecule has 160 valence electrons. The Morgan fingerprint density at radius 2 is 1.45 bits per heavy atom. The number of esters is 2. The highest BCUT2D eigenvalue weighted by atomic mass is 79.9. The van der Waals surface area contributed by atoms with E-state index >= 15 is 0 Å². The van der Waals surface area contributed by atoms with Crippen LogP contribution in [0, 0.1) is 0 Å². The second kappa shape index (κ2) is 12.2. The summed E-state index contributed by atoms with van der Waals surface area (Å²) < 4.78 is 9.82. The minimum atomic E-state index is -0.394. The van der Waals surface area contributed by atoms with E-state index in [-0.39, 0.29) is 5.97 Å². The van der Waals surface area contributed by atoms with Crippen LogP contribution in [0.25, 0.3) is 27.9 Å². The summed E-state index contributed by atoms with van der Waals surface area (Å²) in [5, 5.41) is 2.33. The predicted octanol–water partition coefficient (Wildman–Crippen LogP) is 5.63. The Labute approximate surface area is 188 Å². The number of benzene rings is 2. The number of rotatable bonds is 3. The Morgan fingerprint density at radius 3 is 2.00 bits per heavy atom. The lowest BCUT2D eigenvalue weighted by atomic mass is 10.1. The smallest absolute Gasteiger partial charge is 0.330 e. The van der Waals surface area contributed by atoms with Gasteiger partial charge in [-0.3, -0.25) is 0 Å². The Hall–Kier alpha value is -3.58. The van der Waals surface area contributed by atoms with Gasteiger partial charge in [-0.05, 0) is 42.0 Å². The lowest BCUT2D eigenvalue weighted by Gasteiger charge is -1.96. The van der Waals surface area contributed by atoms with Crippen molar-refractivity contribution in [3.63, 3.8) is 0 Å². The second-order valence-electron chi connectivity index (χ2n) is 6.05. The van der Waals surface area contributed by atoms with E-state index in [4.69, 9.17) is 0 Å². The van der Waals surface area contributed by atoms with E-state index in [1.807, 2.05) is 48.8 Å². The average molecular weight is 483 g/mol. The molecule has 0 aliphatic heterocycles. The minimum absolute atomic E-state index is 0.345. The van der Waals surface area contributed by atoms with E-state index in [9.17, 15) is 9.59 Å². The highest BCUT2D eigenvalue weighted by Crippen LogP contribution is 2.22. The van der Waals surface area contributed by atoms with Gasteiger partial charge in [0.15, 0.2) is 0 Å². The van der Waals surface area contributed by atoms with Crippen molar-refractivity contribution in [1.29, 1.82) is 0 Å². The summed E-state index contributed by atoms with van der Waals surface area (Å²) in [4.78, 5) is 27.0. The van der Waals surface area contributed by atoms with Gasteiger partial charge in [-0.25, -0.2) is 9.59 Å². The van der Waals surface area contributed by atoms with Crippen LogP contribution >= 0.6 is 15.9 Å². The number of fused-ring (bicyclic) bond motifs is 2. The van der Waals surface area contributed by atoms with E-state index in [0.29, 0.717) is 0 Å². The topological polar surface area (TPSA) is 84.2 Å². The first-order valence-electron chi connectivity index (χ1n) is 9.24. The summed E-state index contributed by atoms with van der Waals surface area (Å²) in [5.41, 5.74) is 3.23. The summed E-state index contributed by atoms with van der Waals surface area (Å²) in [7, 11) is 2.67. The maximum Gasteiger partial charge on any atom is 0.330 e. The number of ether oxygens (including phenoxy) is 2. The van der Waals surface area contributed by atoms with Crippen molar-refractivity contribution in [2.45, 2.75) is 0 Å². The fourth-order valence-electron chi connectivity index (χ4n) is 2.61. The number of hydrogen-bond donors (Lipinski definition) is 2. The van der Waals surface area contributed by atoms with Crippen LogP contribution in [0.1, 0.15) is 5.56 Å². The maximum absolute atomic E-state index is 10.9. The molecule has 2 N–H and O–H groups in total. The molecule has 0 radical (unpaired) electrons. The highest BCUT2D eigenvalue weighted by molar-refractivity contribution is 9.10. The first kappa shape index (κ1) is 23.7. The molecule has 0 saturated heterocycles. The normalized spacial score (nSPS) is 10.0. The first-order chi connectivity index (χ1) is 15.0. The molecule has 0 amide bonds. The molecule has 4 rings (SSSR count). The minimum Gasteiger partial charge on any atom is -0.466 e. The summed E-state index contributed by atoms with van der Waals surface area (Å²) in [6, 6.07) is 16.0. The van der Waals surface area contributed by atoms with Crippen molar-refractivity contribution in [1.82, 2.24) is 9.97 Å². The van der Waals surface area contributed by atoms with Crippen molar-refractivity contribution < 1.29 is 19.1 Å². The molecule has 2 aromatic carbocycles. The molecule has 4 aromatic rings. The Morgan fingerprint density at radius 1 is 0.871 bits per heavy atom. The molecule has 0 atom stereocenters. The fourth-order valence-corrected chi connectivity index (χ4v) is 3.11. The van der Waals surface area contributed by atoms with E-state index in [1.165, 1.54) is 31.2 Å². The summed E-state index contributed by atoms with van der Waals surface area (Å²) in [6.07, 6.45) is 8.10. The summed E-state index contributed by atoms with van der Waals surface area (Å²) in [5.74, 6) is -0.738. The predicted molar refractivity (Wildman–Crippen MR) is 128 cm³/mol. The largest absolute Gasteiger partial charge is 0.466 e. The van der Waals surface area contributed by atoms with Gasteiger partial charge in [0.25, 0.3) is 0 Å². The van der Waals surface area contributed by atoms with E-state index in [1.54, 1.807) is 6.08 Å². The molecule has 0 unspecified atom stereocenters. The molecule has 0 saturated carbocycles. The van der Waals surface area contributed by atoms with Crippen molar-refractivity contribution in [3.05, 3.63) is 89.7 Å². The van der Waals surface area contributed by atoms with Crippen LogP contribution in [0.4, 0.5) is 0 Å². The Kier molecular flexibility index (Phi) is 9.32. The lowest BCUT2D eigenvalue weighted by Crippen LogP contribution is -1.93. The fraction of sp³-hybridized carbons (Fsp3) is 0.0833. The van der Waals surface area contributed by atoms with Crippen LogP contribution < -0.4 is 0 Å². The third-order valence-corrected chi connectivity index (χ3v) is 4.83. The molecular weight excluding hydrogens is 460 g/mol. The van der Waals surface area contributed by atoms with Crippen molar-refractivity contribution in [2.24, 2.45) is 0 Å². The zero-order chi connectivity index (χ0) is 22.6. The number of H-pyrrole nitrogens is 2. The first-order valence-corrected chi connectivity index (χ1v) is 10.0. The van der Waals surface area contributed by atoms with Crippen LogP contribution in [-0.4, -0.2) is 36.1 Å². The SMILES string of the molecule is Brc1cccc2[nH]ccc12.C=CC(=O)OC.COC(=O)C=Cc1cccc2[nH]ccc12. The number of methoxy groups -OCH3 is 2. The number of aromatic amines is 2. The number of hydrogen-bond acceptors (Lipinski definition) is 4. The highest BCUT2D eigenvalue weighted by Gasteiger charge is 1.99. The van der Waals surface area contributed by atoms with E-state index in [2.05, 4.69) is 54.1 Å². The second-order valence-corrected chi connectivity index (χ2v) is 6.90. The molecule has 2 heterocycles. The molecule has 0 bridgehead atoms. The van der Waals surface area contributed by atoms with Gasteiger partial charge in [0.2, 0.25) is 0 Å². The number of carbonyl (C=O) groups excluding carboxylic acids is 2. The summed E-state index contributed by atoms with van der Waals surface area (Å²) >= 11 is 3.46. The standard InChI is InChI=1S/C12H11NO2.C8H6BrN.C4H6O2/c1-15-12(14)6-5-9-3-2-4-11-10(9)7-8-13-11;9-7-2-1-3-8-6(7)4-5-10-8;1-3-4(5)6-2/h2-8,13H,1H3;1-5,10H;3H,1H2,2H3. The molecule has 0 aliphatic rings. The van der Waals surface area contributed by atoms with Crippen LogP contribution in [0.15, 0.2) is 84.1 Å². The van der Waals surface area contributed by atoms with E-state index < -0.39 is 5.97 Å². The molecule has 6 nitrogen and oxygen atoms in total.